The van der Waals surface area contributed by atoms with Crippen molar-refractivity contribution in [1.29, 1.82) is 0 Å². The molecule has 0 aromatic carbocycles. The predicted octanol–water partition coefficient (Wildman–Crippen LogP) is 4.44. The molecule has 128 valence electrons. The summed E-state index contributed by atoms with van der Waals surface area (Å²) in [7, 11) is 0. The maximum absolute atomic E-state index is 5.89. The minimum Gasteiger partial charge on any atom is -0.370 e. The second-order valence-corrected chi connectivity index (χ2v) is 6.90. The fourth-order valence-corrected chi connectivity index (χ4v) is 2.91. The Balaban J connectivity index is 0.00000441. The third kappa shape index (κ3) is 9.61. The van der Waals surface area contributed by atoms with Crippen molar-refractivity contribution in [2.24, 2.45) is 10.7 Å². The molecule has 0 fully saturated rings. The fraction of sp³-hybridized carbons (Fsp3) is 0.750. The van der Waals surface area contributed by atoms with E-state index < -0.39 is 0 Å². The van der Waals surface area contributed by atoms with Crippen LogP contribution in [-0.2, 0) is 0 Å². The molecule has 3 N–H and O–H groups in total. The van der Waals surface area contributed by atoms with Crippen LogP contribution in [0.5, 0.6) is 0 Å². The molecule has 1 unspecified atom stereocenters. The first kappa shape index (κ1) is 21.6. The predicted molar refractivity (Wildman–Crippen MR) is 109 cm³/mol. The second kappa shape index (κ2) is 13.1. The van der Waals surface area contributed by atoms with Crippen molar-refractivity contribution in [2.45, 2.75) is 65.2 Å². The second-order valence-electron chi connectivity index (χ2n) is 5.63. The minimum absolute atomic E-state index is 0. The highest BCUT2D eigenvalue weighted by Gasteiger charge is 2.08. The molecule has 0 spiro atoms. The van der Waals surface area contributed by atoms with Crippen LogP contribution >= 0.6 is 35.3 Å². The number of hydrogen-bond donors (Lipinski definition) is 2. The zero-order valence-corrected chi connectivity index (χ0v) is 17.2. The first-order chi connectivity index (χ1) is 10.1. The number of thiazole rings is 1. The summed E-state index contributed by atoms with van der Waals surface area (Å²) < 4.78 is 0. The largest absolute Gasteiger partial charge is 0.370 e. The number of nitrogens with two attached hydrogens (primary N) is 1. The van der Waals surface area contributed by atoms with Crippen LogP contribution in [0, 0.1) is 6.92 Å². The van der Waals surface area contributed by atoms with Gasteiger partial charge in [0.05, 0.1) is 11.6 Å². The Morgan fingerprint density at radius 2 is 2.00 bits per heavy atom. The monoisotopic (exact) mass is 438 g/mol. The van der Waals surface area contributed by atoms with E-state index >= 15 is 0 Å². The molecule has 0 saturated carbocycles. The lowest BCUT2D eigenvalue weighted by Gasteiger charge is -2.08. The van der Waals surface area contributed by atoms with Crippen LogP contribution in [0.1, 0.15) is 68.2 Å². The number of aromatic nitrogens is 1. The molecule has 0 amide bonds. The van der Waals surface area contributed by atoms with Crippen LogP contribution in [0.15, 0.2) is 11.2 Å². The van der Waals surface area contributed by atoms with Gasteiger partial charge in [0.25, 0.3) is 0 Å². The highest BCUT2D eigenvalue weighted by molar-refractivity contribution is 14.0. The molecule has 1 aromatic rings. The van der Waals surface area contributed by atoms with E-state index in [1.54, 1.807) is 11.3 Å². The number of nitrogens with zero attached hydrogens (tertiary/aromatic N) is 2. The van der Waals surface area contributed by atoms with E-state index in [-0.39, 0.29) is 24.0 Å². The Hall–Kier alpha value is -0.370. The topological polar surface area (TPSA) is 63.3 Å². The number of nitrogens with one attached hydrogen (secondary N) is 1. The summed E-state index contributed by atoms with van der Waals surface area (Å²) in [5.74, 6) is 0.891. The Morgan fingerprint density at radius 1 is 1.32 bits per heavy atom. The SMILES string of the molecule is CCCCCCCCNC(N)=NCC(C)c1ncc(C)s1.I. The normalized spacial score (nSPS) is 12.8. The van der Waals surface area contributed by atoms with Gasteiger partial charge in [-0.3, -0.25) is 4.99 Å². The van der Waals surface area contributed by atoms with Gasteiger partial charge in [-0.2, -0.15) is 0 Å². The minimum atomic E-state index is 0. The van der Waals surface area contributed by atoms with E-state index in [1.165, 1.54) is 43.4 Å². The summed E-state index contributed by atoms with van der Waals surface area (Å²) in [6.07, 6.45) is 9.69. The van der Waals surface area contributed by atoms with Crippen LogP contribution in [-0.4, -0.2) is 24.0 Å². The quantitative estimate of drug-likeness (QED) is 0.246. The number of rotatable bonds is 10. The van der Waals surface area contributed by atoms with E-state index in [1.807, 2.05) is 6.20 Å². The van der Waals surface area contributed by atoms with Gasteiger partial charge in [0.1, 0.15) is 0 Å². The van der Waals surface area contributed by atoms with E-state index in [4.69, 9.17) is 5.73 Å². The molecule has 1 heterocycles. The molecule has 22 heavy (non-hydrogen) atoms. The molecular weight excluding hydrogens is 407 g/mol. The molecule has 1 rings (SSSR count). The van der Waals surface area contributed by atoms with E-state index in [2.05, 4.69) is 36.1 Å². The Labute approximate surface area is 156 Å². The number of halogens is 1. The number of aryl methyl sites for hydroxylation is 1. The highest BCUT2D eigenvalue weighted by Crippen LogP contribution is 2.20. The van der Waals surface area contributed by atoms with Crippen molar-refractivity contribution >= 4 is 41.3 Å². The zero-order valence-electron chi connectivity index (χ0n) is 14.1. The van der Waals surface area contributed by atoms with Gasteiger partial charge >= 0.3 is 0 Å². The first-order valence-corrected chi connectivity index (χ1v) is 8.91. The first-order valence-electron chi connectivity index (χ1n) is 8.09. The smallest absolute Gasteiger partial charge is 0.188 e. The van der Waals surface area contributed by atoms with Crippen LogP contribution < -0.4 is 11.1 Å². The summed E-state index contributed by atoms with van der Waals surface area (Å²) in [5, 5.41) is 4.34. The van der Waals surface area contributed by atoms with Crippen molar-refractivity contribution in [2.75, 3.05) is 13.1 Å². The molecule has 0 aliphatic rings. The Bertz CT molecular complexity index is 420. The van der Waals surface area contributed by atoms with Crippen LogP contribution in [0.2, 0.25) is 0 Å². The third-order valence-electron chi connectivity index (χ3n) is 3.43. The lowest BCUT2D eigenvalue weighted by molar-refractivity contribution is 0.601. The lowest BCUT2D eigenvalue weighted by Crippen LogP contribution is -2.32. The highest BCUT2D eigenvalue weighted by atomic mass is 127. The third-order valence-corrected chi connectivity index (χ3v) is 4.58. The van der Waals surface area contributed by atoms with E-state index in [0.717, 1.165) is 11.6 Å². The molecule has 0 radical (unpaired) electrons. The molecule has 0 saturated heterocycles. The Morgan fingerprint density at radius 3 is 2.64 bits per heavy atom. The van der Waals surface area contributed by atoms with Gasteiger partial charge in [0, 0.05) is 23.5 Å². The molecule has 0 aliphatic heterocycles. The van der Waals surface area contributed by atoms with Crippen LogP contribution in [0.3, 0.4) is 0 Å². The summed E-state index contributed by atoms with van der Waals surface area (Å²) >= 11 is 1.74. The Kier molecular flexibility index (Phi) is 12.9. The van der Waals surface area contributed by atoms with Gasteiger partial charge in [-0.1, -0.05) is 46.0 Å². The summed E-state index contributed by atoms with van der Waals surface area (Å²) in [6.45, 7) is 8.08. The molecular formula is C16H31IN4S. The lowest BCUT2D eigenvalue weighted by atomic mass is 10.1. The maximum Gasteiger partial charge on any atom is 0.188 e. The maximum atomic E-state index is 5.89. The molecule has 4 nitrogen and oxygen atoms in total. The van der Waals surface area contributed by atoms with E-state index in [0.29, 0.717) is 18.4 Å². The number of unbranched alkanes of at least 4 members (excludes halogenated alkanes) is 5. The van der Waals surface area contributed by atoms with Gasteiger partial charge in [0.15, 0.2) is 5.96 Å². The van der Waals surface area contributed by atoms with E-state index in [9.17, 15) is 0 Å². The summed E-state index contributed by atoms with van der Waals surface area (Å²) in [6, 6.07) is 0. The van der Waals surface area contributed by atoms with Crippen LogP contribution in [0.4, 0.5) is 0 Å². The molecule has 1 aromatic heterocycles. The molecule has 0 bridgehead atoms. The van der Waals surface area contributed by atoms with Gasteiger partial charge in [-0.25, -0.2) is 4.98 Å². The van der Waals surface area contributed by atoms with Gasteiger partial charge in [-0.05, 0) is 13.3 Å². The van der Waals surface area contributed by atoms with Gasteiger partial charge in [0.2, 0.25) is 0 Å². The number of aliphatic imine (C=N–C) groups is 1. The van der Waals surface area contributed by atoms with Crippen molar-refractivity contribution in [3.05, 3.63) is 16.1 Å². The number of guanidine groups is 1. The van der Waals surface area contributed by atoms with Crippen molar-refractivity contribution in [3.8, 4) is 0 Å². The molecule has 6 heteroatoms. The van der Waals surface area contributed by atoms with Crippen molar-refractivity contribution in [1.82, 2.24) is 10.3 Å². The average Bonchev–Trinajstić information content (AvgIpc) is 2.90. The van der Waals surface area contributed by atoms with Crippen molar-refractivity contribution < 1.29 is 0 Å². The average molecular weight is 438 g/mol. The van der Waals surface area contributed by atoms with Gasteiger partial charge < -0.3 is 11.1 Å². The van der Waals surface area contributed by atoms with Gasteiger partial charge in [-0.15, -0.1) is 35.3 Å². The fourth-order valence-electron chi connectivity index (χ4n) is 2.09. The molecule has 0 aliphatic carbocycles. The summed E-state index contributed by atoms with van der Waals surface area (Å²) in [5.41, 5.74) is 5.89. The standard InChI is InChI=1S/C16H30N4S.HI/c1-4-5-6-7-8-9-10-18-16(17)20-11-13(2)15-19-12-14(3)21-15;/h12-13H,4-11H2,1-3H3,(H3,17,18,20);1H. The number of hydrogen-bond acceptors (Lipinski definition) is 3. The van der Waals surface area contributed by atoms with Crippen molar-refractivity contribution in [3.63, 3.8) is 0 Å². The van der Waals surface area contributed by atoms with Crippen LogP contribution in [0.25, 0.3) is 0 Å². The summed E-state index contributed by atoms with van der Waals surface area (Å²) in [4.78, 5) is 10.0. The zero-order chi connectivity index (χ0) is 15.5. The molecule has 1 atom stereocenters.